The zero-order valence-electron chi connectivity index (χ0n) is 8.93. The largest absolute Gasteiger partial charge is 0.401 e. The second-order valence-electron chi connectivity index (χ2n) is 4.70. The standard InChI is InChI=1S/C10H21N3/c1-8(11)9-7-13(6-5-12-9)10(2,3)4/h9,12H,1,5-7,11H2,2-4H3/t9-/m0/s1. The number of hydrogen-bond donors (Lipinski definition) is 2. The normalized spacial score (nSPS) is 25.9. The van der Waals surface area contributed by atoms with Gasteiger partial charge in [0.15, 0.2) is 0 Å². The summed E-state index contributed by atoms with van der Waals surface area (Å²) in [6.07, 6.45) is 0. The van der Waals surface area contributed by atoms with E-state index in [1.807, 2.05) is 0 Å². The van der Waals surface area contributed by atoms with Crippen LogP contribution in [0.1, 0.15) is 20.8 Å². The highest BCUT2D eigenvalue weighted by atomic mass is 15.2. The lowest BCUT2D eigenvalue weighted by Crippen LogP contribution is -2.57. The average Bonchev–Trinajstić information content (AvgIpc) is 2.03. The van der Waals surface area contributed by atoms with Gasteiger partial charge in [-0.15, -0.1) is 0 Å². The summed E-state index contributed by atoms with van der Waals surface area (Å²) in [6, 6.07) is 0.257. The maximum atomic E-state index is 5.69. The van der Waals surface area contributed by atoms with Crippen molar-refractivity contribution >= 4 is 0 Å². The first-order valence-corrected chi connectivity index (χ1v) is 4.84. The Morgan fingerprint density at radius 3 is 2.62 bits per heavy atom. The van der Waals surface area contributed by atoms with Crippen molar-refractivity contribution in [1.82, 2.24) is 10.2 Å². The van der Waals surface area contributed by atoms with Crippen LogP contribution in [0.3, 0.4) is 0 Å². The molecule has 13 heavy (non-hydrogen) atoms. The Morgan fingerprint density at radius 1 is 1.54 bits per heavy atom. The van der Waals surface area contributed by atoms with E-state index in [-0.39, 0.29) is 11.6 Å². The second-order valence-corrected chi connectivity index (χ2v) is 4.70. The molecule has 3 nitrogen and oxygen atoms in total. The van der Waals surface area contributed by atoms with E-state index in [4.69, 9.17) is 5.73 Å². The Morgan fingerprint density at radius 2 is 2.15 bits per heavy atom. The second kappa shape index (κ2) is 3.68. The first-order valence-electron chi connectivity index (χ1n) is 4.84. The number of piperazine rings is 1. The molecule has 0 saturated carbocycles. The highest BCUT2D eigenvalue weighted by molar-refractivity contribution is 5.04. The summed E-state index contributed by atoms with van der Waals surface area (Å²) in [4.78, 5) is 2.44. The van der Waals surface area contributed by atoms with Crippen molar-refractivity contribution < 1.29 is 0 Å². The molecule has 0 aromatic heterocycles. The van der Waals surface area contributed by atoms with Crippen LogP contribution in [-0.4, -0.2) is 36.1 Å². The molecule has 1 fully saturated rings. The third-order valence-corrected chi connectivity index (χ3v) is 2.57. The zero-order valence-corrected chi connectivity index (χ0v) is 8.93. The molecule has 1 atom stereocenters. The first kappa shape index (κ1) is 10.5. The molecule has 0 bridgehead atoms. The van der Waals surface area contributed by atoms with E-state index in [2.05, 4.69) is 37.6 Å². The van der Waals surface area contributed by atoms with Gasteiger partial charge < -0.3 is 11.1 Å². The van der Waals surface area contributed by atoms with Gasteiger partial charge in [0.25, 0.3) is 0 Å². The summed E-state index contributed by atoms with van der Waals surface area (Å²) in [5.41, 5.74) is 6.67. The van der Waals surface area contributed by atoms with Crippen molar-refractivity contribution in [2.24, 2.45) is 5.73 Å². The van der Waals surface area contributed by atoms with Gasteiger partial charge in [0.05, 0.1) is 6.04 Å². The topological polar surface area (TPSA) is 41.3 Å². The van der Waals surface area contributed by atoms with Crippen LogP contribution in [0.25, 0.3) is 0 Å². The van der Waals surface area contributed by atoms with Gasteiger partial charge in [-0.25, -0.2) is 0 Å². The summed E-state index contributed by atoms with van der Waals surface area (Å²) < 4.78 is 0. The Labute approximate surface area is 81.0 Å². The van der Waals surface area contributed by atoms with Crippen molar-refractivity contribution in [1.29, 1.82) is 0 Å². The number of nitrogens with zero attached hydrogens (tertiary/aromatic N) is 1. The predicted octanol–water partition coefficient (Wildman–Crippen LogP) is 0.531. The molecule has 0 aromatic rings. The van der Waals surface area contributed by atoms with E-state index in [0.717, 1.165) is 25.3 Å². The summed E-state index contributed by atoms with van der Waals surface area (Å²) in [5.74, 6) is 0. The van der Waals surface area contributed by atoms with Gasteiger partial charge in [0, 0.05) is 30.9 Å². The smallest absolute Gasteiger partial charge is 0.0591 e. The van der Waals surface area contributed by atoms with Gasteiger partial charge in [-0.1, -0.05) is 6.58 Å². The van der Waals surface area contributed by atoms with Crippen LogP contribution < -0.4 is 11.1 Å². The molecule has 1 saturated heterocycles. The molecule has 3 heteroatoms. The summed E-state index contributed by atoms with van der Waals surface area (Å²) in [7, 11) is 0. The molecule has 1 heterocycles. The molecule has 0 spiro atoms. The number of nitrogens with one attached hydrogen (secondary N) is 1. The molecule has 0 radical (unpaired) electrons. The lowest BCUT2D eigenvalue weighted by molar-refractivity contribution is 0.103. The van der Waals surface area contributed by atoms with Gasteiger partial charge in [0.1, 0.15) is 0 Å². The van der Waals surface area contributed by atoms with E-state index in [1.54, 1.807) is 0 Å². The van der Waals surface area contributed by atoms with E-state index >= 15 is 0 Å². The van der Waals surface area contributed by atoms with Crippen LogP contribution in [0.4, 0.5) is 0 Å². The number of nitrogens with two attached hydrogens (primary N) is 1. The van der Waals surface area contributed by atoms with Gasteiger partial charge in [-0.05, 0) is 20.8 Å². The Bertz CT molecular complexity index is 193. The third-order valence-electron chi connectivity index (χ3n) is 2.57. The fourth-order valence-corrected chi connectivity index (χ4v) is 1.61. The molecule has 3 N–H and O–H groups in total. The number of hydrogen-bond acceptors (Lipinski definition) is 3. The van der Waals surface area contributed by atoms with E-state index in [9.17, 15) is 0 Å². The van der Waals surface area contributed by atoms with Crippen LogP contribution in [0, 0.1) is 0 Å². The predicted molar refractivity (Wildman–Crippen MR) is 56.4 cm³/mol. The van der Waals surface area contributed by atoms with Crippen molar-refractivity contribution in [3.8, 4) is 0 Å². The SMILES string of the molecule is C=C(N)[C@@H]1CN(C(C)(C)C)CCN1. The molecular weight excluding hydrogens is 162 g/mol. The Hall–Kier alpha value is -0.540. The van der Waals surface area contributed by atoms with Crippen LogP contribution >= 0.6 is 0 Å². The summed E-state index contributed by atoms with van der Waals surface area (Å²) in [6.45, 7) is 13.5. The minimum absolute atomic E-state index is 0.232. The van der Waals surface area contributed by atoms with E-state index < -0.39 is 0 Å². The molecule has 76 valence electrons. The zero-order chi connectivity index (χ0) is 10.1. The van der Waals surface area contributed by atoms with E-state index in [1.165, 1.54) is 0 Å². The third kappa shape index (κ3) is 2.71. The van der Waals surface area contributed by atoms with Crippen LogP contribution in [0.2, 0.25) is 0 Å². The molecule has 0 unspecified atom stereocenters. The van der Waals surface area contributed by atoms with Crippen LogP contribution in [0.15, 0.2) is 12.3 Å². The van der Waals surface area contributed by atoms with Crippen molar-refractivity contribution in [3.63, 3.8) is 0 Å². The molecule has 1 aliphatic heterocycles. The van der Waals surface area contributed by atoms with Crippen molar-refractivity contribution in [2.75, 3.05) is 19.6 Å². The highest BCUT2D eigenvalue weighted by Gasteiger charge is 2.27. The Kier molecular flexibility index (Phi) is 2.98. The molecule has 1 aliphatic rings. The fraction of sp³-hybridized carbons (Fsp3) is 0.800. The first-order chi connectivity index (χ1) is 5.91. The van der Waals surface area contributed by atoms with Crippen molar-refractivity contribution in [2.45, 2.75) is 32.4 Å². The van der Waals surface area contributed by atoms with Gasteiger partial charge in [-0.2, -0.15) is 0 Å². The average molecular weight is 183 g/mol. The monoisotopic (exact) mass is 183 g/mol. The number of rotatable bonds is 1. The Balaban J connectivity index is 2.57. The summed E-state index contributed by atoms with van der Waals surface area (Å²) >= 11 is 0. The van der Waals surface area contributed by atoms with Gasteiger partial charge in [0.2, 0.25) is 0 Å². The highest BCUT2D eigenvalue weighted by Crippen LogP contribution is 2.16. The molecular formula is C10H21N3. The summed E-state index contributed by atoms with van der Waals surface area (Å²) in [5, 5.41) is 3.35. The lowest BCUT2D eigenvalue weighted by atomic mass is 10.0. The van der Waals surface area contributed by atoms with Gasteiger partial charge in [-0.3, -0.25) is 4.90 Å². The minimum atomic E-state index is 0.232. The van der Waals surface area contributed by atoms with E-state index in [0.29, 0.717) is 0 Å². The molecule has 1 rings (SSSR count). The maximum Gasteiger partial charge on any atom is 0.0591 e. The lowest BCUT2D eigenvalue weighted by Gasteiger charge is -2.42. The van der Waals surface area contributed by atoms with Crippen molar-refractivity contribution in [3.05, 3.63) is 12.3 Å². The molecule has 0 aliphatic carbocycles. The van der Waals surface area contributed by atoms with Gasteiger partial charge >= 0.3 is 0 Å². The fourth-order valence-electron chi connectivity index (χ4n) is 1.61. The molecule has 0 aromatic carbocycles. The maximum absolute atomic E-state index is 5.69. The van der Waals surface area contributed by atoms with Crippen LogP contribution in [0.5, 0.6) is 0 Å². The minimum Gasteiger partial charge on any atom is -0.401 e. The van der Waals surface area contributed by atoms with Crippen LogP contribution in [-0.2, 0) is 0 Å². The quantitative estimate of drug-likeness (QED) is 0.623. The molecule has 0 amide bonds.